The van der Waals surface area contributed by atoms with E-state index < -0.39 is 0 Å². The van der Waals surface area contributed by atoms with Gasteiger partial charge in [0.15, 0.2) is 0 Å². The summed E-state index contributed by atoms with van der Waals surface area (Å²) < 4.78 is 6.72. The molecule has 5 fully saturated rings. The number of hydrogen-bond donors (Lipinski definition) is 0. The van der Waals surface area contributed by atoms with Crippen LogP contribution in [-0.4, -0.2) is 6.10 Å². The van der Waals surface area contributed by atoms with Crippen molar-refractivity contribution in [1.82, 2.24) is 0 Å². The number of hydrogen-bond acceptors (Lipinski definition) is 1. The van der Waals surface area contributed by atoms with E-state index in [9.17, 15) is 0 Å². The predicted octanol–water partition coefficient (Wildman–Crippen LogP) is 10.1. The van der Waals surface area contributed by atoms with Crippen LogP contribution in [-0.2, 0) is 0 Å². The van der Waals surface area contributed by atoms with E-state index in [1.54, 1.807) is 0 Å². The van der Waals surface area contributed by atoms with Crippen LogP contribution < -0.4 is 4.74 Å². The second kappa shape index (κ2) is 8.38. The Kier molecular flexibility index (Phi) is 5.89. The Morgan fingerprint density at radius 3 is 2.19 bits per heavy atom. The Balaban J connectivity index is 1.31. The number of fused-ring (bicyclic) bond motifs is 7. The number of para-hydroxylation sites is 1. The Morgan fingerprint density at radius 1 is 0.757 bits per heavy atom. The summed E-state index contributed by atoms with van der Waals surface area (Å²) in [5.41, 5.74) is 3.56. The standard InChI is InChI=1S/C36H54O/c1-24(2)26-16-19-33(5)22-23-35(7)27(31(26)33)14-15-29-34(6)20-18-30(37-25-12-10-9-11-13-25)32(3,4)28(34)17-21-36(29,35)8/h9-13,26-31H,1,14-23H2,2-8H3. The van der Waals surface area contributed by atoms with Crippen molar-refractivity contribution < 1.29 is 4.74 Å². The van der Waals surface area contributed by atoms with Crippen LogP contribution in [0.2, 0.25) is 0 Å². The molecule has 0 amide bonds. The van der Waals surface area contributed by atoms with E-state index in [2.05, 4.69) is 85.4 Å². The van der Waals surface area contributed by atoms with E-state index in [0.717, 1.165) is 35.3 Å². The van der Waals surface area contributed by atoms with Crippen LogP contribution in [0.1, 0.15) is 113 Å². The molecule has 0 aromatic heterocycles. The number of ether oxygens (including phenoxy) is 1. The monoisotopic (exact) mass is 502 g/mol. The summed E-state index contributed by atoms with van der Waals surface area (Å²) in [6.07, 6.45) is 14.2. The number of allylic oxidation sites excluding steroid dienone is 1. The average molecular weight is 503 g/mol. The molecular formula is C36H54O. The summed E-state index contributed by atoms with van der Waals surface area (Å²) in [7, 11) is 0. The number of rotatable bonds is 3. The molecule has 0 aliphatic heterocycles. The van der Waals surface area contributed by atoms with Crippen molar-refractivity contribution in [2.75, 3.05) is 0 Å². The molecule has 0 spiro atoms. The molecule has 0 heterocycles. The molecule has 0 radical (unpaired) electrons. The fraction of sp³-hybridized carbons (Fsp3) is 0.778. The lowest BCUT2D eigenvalue weighted by atomic mass is 9.32. The molecule has 204 valence electrons. The van der Waals surface area contributed by atoms with Gasteiger partial charge >= 0.3 is 0 Å². The SMILES string of the molecule is C=C(C)C1CCC2(C)CCC3(C)C(CCC4C5(C)CCC(Oc6ccccc6)C(C)(C)C5CCC43C)C12. The maximum atomic E-state index is 6.72. The van der Waals surface area contributed by atoms with Crippen molar-refractivity contribution in [3.63, 3.8) is 0 Å². The zero-order chi connectivity index (χ0) is 26.4. The van der Waals surface area contributed by atoms with E-state index >= 15 is 0 Å². The van der Waals surface area contributed by atoms with E-state index in [1.807, 2.05) is 0 Å². The van der Waals surface area contributed by atoms with Crippen LogP contribution in [0.15, 0.2) is 42.5 Å². The predicted molar refractivity (Wildman–Crippen MR) is 156 cm³/mol. The van der Waals surface area contributed by atoms with Crippen LogP contribution in [0, 0.1) is 56.7 Å². The topological polar surface area (TPSA) is 9.23 Å². The van der Waals surface area contributed by atoms with Gasteiger partial charge in [-0.2, -0.15) is 0 Å². The molecule has 1 heteroatoms. The lowest BCUT2D eigenvalue weighted by molar-refractivity contribution is -0.244. The van der Waals surface area contributed by atoms with Crippen molar-refractivity contribution in [3.05, 3.63) is 42.5 Å². The second-order valence-electron chi connectivity index (χ2n) is 16.1. The maximum absolute atomic E-state index is 6.72. The van der Waals surface area contributed by atoms with Gasteiger partial charge in [0, 0.05) is 5.41 Å². The van der Waals surface area contributed by atoms with Crippen molar-refractivity contribution in [3.8, 4) is 5.75 Å². The summed E-state index contributed by atoms with van der Waals surface area (Å²) in [5, 5.41) is 0. The van der Waals surface area contributed by atoms with Crippen molar-refractivity contribution >= 4 is 0 Å². The maximum Gasteiger partial charge on any atom is 0.119 e. The van der Waals surface area contributed by atoms with Gasteiger partial charge in [-0.05, 0) is 135 Å². The fourth-order valence-corrected chi connectivity index (χ4v) is 12.3. The highest BCUT2D eigenvalue weighted by atomic mass is 16.5. The van der Waals surface area contributed by atoms with Gasteiger partial charge in [-0.25, -0.2) is 0 Å². The molecule has 0 saturated heterocycles. The molecular weight excluding hydrogens is 448 g/mol. The molecule has 10 atom stereocenters. The van der Waals surface area contributed by atoms with Gasteiger partial charge in [0.05, 0.1) is 0 Å². The molecule has 6 rings (SSSR count). The van der Waals surface area contributed by atoms with Crippen LogP contribution in [0.4, 0.5) is 0 Å². The van der Waals surface area contributed by atoms with Gasteiger partial charge in [0.1, 0.15) is 11.9 Å². The Morgan fingerprint density at radius 2 is 1.49 bits per heavy atom. The Hall–Kier alpha value is -1.24. The third kappa shape index (κ3) is 3.47. The van der Waals surface area contributed by atoms with Gasteiger partial charge in [-0.3, -0.25) is 0 Å². The molecule has 0 bridgehead atoms. The van der Waals surface area contributed by atoms with Crippen molar-refractivity contribution in [2.45, 2.75) is 119 Å². The minimum Gasteiger partial charge on any atom is -0.490 e. The third-order valence-electron chi connectivity index (χ3n) is 14.4. The molecule has 5 aliphatic carbocycles. The third-order valence-corrected chi connectivity index (χ3v) is 14.4. The fourth-order valence-electron chi connectivity index (χ4n) is 12.3. The normalized spacial score (nSPS) is 50.2. The van der Waals surface area contributed by atoms with Gasteiger partial charge < -0.3 is 4.74 Å². The summed E-state index contributed by atoms with van der Waals surface area (Å²) in [5.74, 6) is 5.12. The molecule has 10 unspecified atom stereocenters. The minimum atomic E-state index is 0.198. The second-order valence-corrected chi connectivity index (χ2v) is 16.1. The average Bonchev–Trinajstić information content (AvgIpc) is 3.20. The minimum absolute atomic E-state index is 0.198. The first-order valence-corrected chi connectivity index (χ1v) is 15.7. The summed E-state index contributed by atoms with van der Waals surface area (Å²) in [4.78, 5) is 0. The molecule has 5 aliphatic rings. The summed E-state index contributed by atoms with van der Waals surface area (Å²) >= 11 is 0. The van der Waals surface area contributed by atoms with Gasteiger partial charge in [-0.15, -0.1) is 0 Å². The van der Waals surface area contributed by atoms with Crippen molar-refractivity contribution in [2.24, 2.45) is 56.7 Å². The highest BCUT2D eigenvalue weighted by Gasteiger charge is 2.70. The molecule has 1 aromatic carbocycles. The van der Waals surface area contributed by atoms with Crippen LogP contribution in [0.3, 0.4) is 0 Å². The van der Waals surface area contributed by atoms with Crippen LogP contribution in [0.25, 0.3) is 0 Å². The van der Waals surface area contributed by atoms with Gasteiger partial charge in [0.25, 0.3) is 0 Å². The smallest absolute Gasteiger partial charge is 0.119 e. The Labute approximate surface area is 228 Å². The first kappa shape index (κ1) is 26.0. The van der Waals surface area contributed by atoms with Crippen molar-refractivity contribution in [1.29, 1.82) is 0 Å². The molecule has 1 aromatic rings. The first-order chi connectivity index (χ1) is 17.4. The number of benzene rings is 1. The van der Waals surface area contributed by atoms with E-state index in [4.69, 9.17) is 4.74 Å². The van der Waals surface area contributed by atoms with Crippen LogP contribution in [0.5, 0.6) is 5.75 Å². The van der Waals surface area contributed by atoms with Gasteiger partial charge in [-0.1, -0.05) is 71.9 Å². The highest BCUT2D eigenvalue weighted by molar-refractivity contribution is 5.24. The zero-order valence-electron chi connectivity index (χ0n) is 25.0. The summed E-state index contributed by atoms with van der Waals surface area (Å²) in [6.45, 7) is 22.9. The lowest BCUT2D eigenvalue weighted by Gasteiger charge is -2.73. The van der Waals surface area contributed by atoms with E-state index in [1.165, 1.54) is 69.8 Å². The lowest BCUT2D eigenvalue weighted by Crippen LogP contribution is -2.66. The Bertz CT molecular complexity index is 1040. The van der Waals surface area contributed by atoms with E-state index in [0.29, 0.717) is 27.8 Å². The highest BCUT2D eigenvalue weighted by Crippen LogP contribution is 2.77. The van der Waals surface area contributed by atoms with Crippen LogP contribution >= 0.6 is 0 Å². The van der Waals surface area contributed by atoms with Gasteiger partial charge in [0.2, 0.25) is 0 Å². The zero-order valence-corrected chi connectivity index (χ0v) is 25.0. The molecule has 5 saturated carbocycles. The molecule has 1 nitrogen and oxygen atoms in total. The summed E-state index contributed by atoms with van der Waals surface area (Å²) in [6, 6.07) is 10.6. The quantitative estimate of drug-likeness (QED) is 0.374. The largest absolute Gasteiger partial charge is 0.490 e. The van der Waals surface area contributed by atoms with E-state index in [-0.39, 0.29) is 5.41 Å². The molecule has 0 N–H and O–H groups in total. The first-order valence-electron chi connectivity index (χ1n) is 15.7. The molecule has 37 heavy (non-hydrogen) atoms.